The van der Waals surface area contributed by atoms with Crippen LogP contribution in [0.25, 0.3) is 11.4 Å². The van der Waals surface area contributed by atoms with Gasteiger partial charge in [0, 0.05) is 24.2 Å². The molecule has 0 spiro atoms. The predicted molar refractivity (Wildman–Crippen MR) is 62.2 cm³/mol. The molecule has 0 radical (unpaired) electrons. The molecule has 88 valence electrons. The van der Waals surface area contributed by atoms with Crippen LogP contribution in [0.1, 0.15) is 5.56 Å². The third kappa shape index (κ3) is 1.94. The maximum Gasteiger partial charge on any atom is 0.273 e. The van der Waals surface area contributed by atoms with E-state index in [1.807, 2.05) is 0 Å². The van der Waals surface area contributed by atoms with Gasteiger partial charge in [0.05, 0.1) is 4.92 Å². The normalized spacial score (nSPS) is 10.5. The van der Waals surface area contributed by atoms with E-state index in [0.29, 0.717) is 17.0 Å². The first-order valence-electron chi connectivity index (χ1n) is 4.91. The molecular weight excluding hydrogens is 222 g/mol. The molecule has 1 aromatic carbocycles. The van der Waals surface area contributed by atoms with E-state index in [1.165, 1.54) is 10.7 Å². The van der Waals surface area contributed by atoms with E-state index in [9.17, 15) is 10.1 Å². The lowest BCUT2D eigenvalue weighted by atomic mass is 10.1. The number of hydrogen-bond acceptors (Lipinski definition) is 5. The highest BCUT2D eigenvalue weighted by Gasteiger charge is 2.14. The van der Waals surface area contributed by atoms with Gasteiger partial charge < -0.3 is 5.73 Å². The summed E-state index contributed by atoms with van der Waals surface area (Å²) in [6.45, 7) is 1.68. The summed E-state index contributed by atoms with van der Waals surface area (Å²) < 4.78 is 1.42. The van der Waals surface area contributed by atoms with Gasteiger partial charge in [-0.05, 0) is 6.92 Å². The van der Waals surface area contributed by atoms with Crippen molar-refractivity contribution >= 4 is 11.6 Å². The topological polar surface area (TPSA) is 99.9 Å². The van der Waals surface area contributed by atoms with E-state index in [2.05, 4.69) is 10.1 Å². The number of benzene rings is 1. The van der Waals surface area contributed by atoms with Crippen molar-refractivity contribution in [2.75, 3.05) is 5.73 Å². The van der Waals surface area contributed by atoms with Crippen LogP contribution in [0.5, 0.6) is 0 Å². The predicted octanol–water partition coefficient (Wildman–Crippen LogP) is 1.28. The number of anilines is 1. The second-order valence-electron chi connectivity index (χ2n) is 3.68. The zero-order chi connectivity index (χ0) is 12.6. The summed E-state index contributed by atoms with van der Waals surface area (Å²) in [5.41, 5.74) is 6.79. The molecule has 7 heteroatoms. The Morgan fingerprint density at radius 1 is 1.47 bits per heavy atom. The molecule has 2 aromatic rings. The van der Waals surface area contributed by atoms with Gasteiger partial charge in [0.2, 0.25) is 5.95 Å². The Morgan fingerprint density at radius 2 is 2.18 bits per heavy atom. The van der Waals surface area contributed by atoms with Gasteiger partial charge in [-0.25, -0.2) is 4.68 Å². The minimum absolute atomic E-state index is 0.0496. The van der Waals surface area contributed by atoms with Crippen LogP contribution in [0, 0.1) is 17.0 Å². The summed E-state index contributed by atoms with van der Waals surface area (Å²) in [7, 11) is 1.66. The number of hydrogen-bond donors (Lipinski definition) is 1. The summed E-state index contributed by atoms with van der Waals surface area (Å²) >= 11 is 0. The first-order chi connectivity index (χ1) is 7.99. The second-order valence-corrected chi connectivity index (χ2v) is 3.68. The van der Waals surface area contributed by atoms with Crippen molar-refractivity contribution in [2.24, 2.45) is 7.05 Å². The summed E-state index contributed by atoms with van der Waals surface area (Å²) in [5, 5.41) is 14.9. The number of rotatable bonds is 2. The van der Waals surface area contributed by atoms with E-state index in [1.54, 1.807) is 26.1 Å². The number of nitrogen functional groups attached to an aromatic ring is 1. The van der Waals surface area contributed by atoms with Crippen molar-refractivity contribution in [2.45, 2.75) is 6.92 Å². The first-order valence-corrected chi connectivity index (χ1v) is 4.91. The van der Waals surface area contributed by atoms with Crippen molar-refractivity contribution in [3.8, 4) is 11.4 Å². The van der Waals surface area contributed by atoms with E-state index in [4.69, 9.17) is 5.73 Å². The minimum atomic E-state index is -0.425. The van der Waals surface area contributed by atoms with Gasteiger partial charge in [-0.2, -0.15) is 4.98 Å². The van der Waals surface area contributed by atoms with Crippen molar-refractivity contribution in [3.63, 3.8) is 0 Å². The van der Waals surface area contributed by atoms with Crippen molar-refractivity contribution in [1.82, 2.24) is 14.8 Å². The van der Waals surface area contributed by atoms with E-state index in [-0.39, 0.29) is 11.6 Å². The van der Waals surface area contributed by atoms with Gasteiger partial charge in [-0.1, -0.05) is 12.1 Å². The lowest BCUT2D eigenvalue weighted by Gasteiger charge is -1.99. The number of nitro groups is 1. The molecule has 17 heavy (non-hydrogen) atoms. The van der Waals surface area contributed by atoms with E-state index in [0.717, 1.165) is 0 Å². The molecule has 2 rings (SSSR count). The highest BCUT2D eigenvalue weighted by atomic mass is 16.6. The molecule has 7 nitrogen and oxygen atoms in total. The standard InChI is InChI=1S/C10H11N5O2/c1-6-3-4-7(5-8(6)15(16)17)9-12-10(11)14(2)13-9/h3-5H,1-2H3,(H2,11,12,13). The minimum Gasteiger partial charge on any atom is -0.368 e. The Hall–Kier alpha value is -2.44. The van der Waals surface area contributed by atoms with Crippen LogP contribution in [-0.4, -0.2) is 19.7 Å². The molecular formula is C10H11N5O2. The number of nitro benzene ring substituents is 1. The summed E-state index contributed by atoms with van der Waals surface area (Å²) in [5.74, 6) is 0.649. The Bertz CT molecular complexity index is 571. The fraction of sp³-hybridized carbons (Fsp3) is 0.200. The van der Waals surface area contributed by atoms with Crippen molar-refractivity contribution < 1.29 is 4.92 Å². The van der Waals surface area contributed by atoms with Gasteiger partial charge >= 0.3 is 0 Å². The first kappa shape index (κ1) is 11.1. The molecule has 0 unspecified atom stereocenters. The van der Waals surface area contributed by atoms with Gasteiger partial charge in [0.25, 0.3) is 5.69 Å². The third-order valence-electron chi connectivity index (χ3n) is 2.46. The van der Waals surface area contributed by atoms with Crippen LogP contribution in [0.15, 0.2) is 18.2 Å². The summed E-state index contributed by atoms with van der Waals surface area (Å²) in [6, 6.07) is 4.85. The fourth-order valence-corrected chi connectivity index (χ4v) is 1.46. The highest BCUT2D eigenvalue weighted by molar-refractivity contribution is 5.61. The molecule has 1 heterocycles. The molecule has 0 saturated heterocycles. The van der Waals surface area contributed by atoms with E-state index >= 15 is 0 Å². The van der Waals surface area contributed by atoms with Crippen LogP contribution >= 0.6 is 0 Å². The molecule has 0 saturated carbocycles. The van der Waals surface area contributed by atoms with Crippen molar-refractivity contribution in [3.05, 3.63) is 33.9 Å². The average molecular weight is 233 g/mol. The highest BCUT2D eigenvalue weighted by Crippen LogP contribution is 2.25. The smallest absolute Gasteiger partial charge is 0.273 e. The molecule has 0 aliphatic rings. The number of aromatic nitrogens is 3. The average Bonchev–Trinajstić information content (AvgIpc) is 2.59. The largest absolute Gasteiger partial charge is 0.368 e. The van der Waals surface area contributed by atoms with Crippen LogP contribution in [0.4, 0.5) is 11.6 Å². The Kier molecular flexibility index (Phi) is 2.51. The maximum atomic E-state index is 10.8. The monoisotopic (exact) mass is 233 g/mol. The molecule has 0 aliphatic heterocycles. The molecule has 2 N–H and O–H groups in total. The lowest BCUT2D eigenvalue weighted by molar-refractivity contribution is -0.385. The Labute approximate surface area is 97.0 Å². The van der Waals surface area contributed by atoms with Crippen molar-refractivity contribution in [1.29, 1.82) is 0 Å². The quantitative estimate of drug-likeness (QED) is 0.622. The second kappa shape index (κ2) is 3.85. The van der Waals surface area contributed by atoms with E-state index < -0.39 is 4.92 Å². The third-order valence-corrected chi connectivity index (χ3v) is 2.46. The Balaban J connectivity index is 2.53. The molecule has 0 bridgehead atoms. The summed E-state index contributed by atoms with van der Waals surface area (Å²) in [6.07, 6.45) is 0. The summed E-state index contributed by atoms with van der Waals surface area (Å²) in [4.78, 5) is 14.4. The SMILES string of the molecule is Cc1ccc(-c2nc(N)n(C)n2)cc1[N+](=O)[O-]. The fourth-order valence-electron chi connectivity index (χ4n) is 1.46. The zero-order valence-corrected chi connectivity index (χ0v) is 9.41. The van der Waals surface area contributed by atoms with Crippen LogP contribution < -0.4 is 5.73 Å². The van der Waals surface area contributed by atoms with Gasteiger partial charge in [0.15, 0.2) is 5.82 Å². The van der Waals surface area contributed by atoms with Gasteiger partial charge in [-0.3, -0.25) is 10.1 Å². The van der Waals surface area contributed by atoms with Crippen LogP contribution in [-0.2, 0) is 7.05 Å². The maximum absolute atomic E-state index is 10.8. The van der Waals surface area contributed by atoms with Gasteiger partial charge in [-0.15, -0.1) is 5.10 Å². The number of nitrogens with zero attached hydrogens (tertiary/aromatic N) is 4. The van der Waals surface area contributed by atoms with Crippen LogP contribution in [0.2, 0.25) is 0 Å². The lowest BCUT2D eigenvalue weighted by Crippen LogP contribution is -1.97. The molecule has 0 aliphatic carbocycles. The molecule has 0 amide bonds. The molecule has 0 atom stereocenters. The number of nitrogens with two attached hydrogens (primary N) is 1. The zero-order valence-electron chi connectivity index (χ0n) is 9.41. The molecule has 0 fully saturated rings. The number of aryl methyl sites for hydroxylation is 2. The Morgan fingerprint density at radius 3 is 2.71 bits per heavy atom. The molecule has 1 aromatic heterocycles. The van der Waals surface area contributed by atoms with Gasteiger partial charge in [0.1, 0.15) is 0 Å². The van der Waals surface area contributed by atoms with Crippen LogP contribution in [0.3, 0.4) is 0 Å².